The van der Waals surface area contributed by atoms with Gasteiger partial charge in [0.1, 0.15) is 5.69 Å². The van der Waals surface area contributed by atoms with Crippen LogP contribution in [0.4, 0.5) is 11.4 Å². The van der Waals surface area contributed by atoms with E-state index in [0.717, 1.165) is 22.1 Å². The number of azo groups is 1. The Morgan fingerprint density at radius 2 is 1.52 bits per heavy atom. The van der Waals surface area contributed by atoms with Crippen LogP contribution in [0.2, 0.25) is 0 Å². The first kappa shape index (κ1) is 16.6. The van der Waals surface area contributed by atoms with Crippen molar-refractivity contribution >= 4 is 28.0 Å². The molecule has 1 heterocycles. The Hall–Kier alpha value is -3.86. The number of amidine groups is 1. The molecule has 3 aromatic carbocycles. The van der Waals surface area contributed by atoms with Crippen molar-refractivity contribution in [3.05, 3.63) is 103 Å². The van der Waals surface area contributed by atoms with Crippen LogP contribution >= 0.6 is 0 Å². The van der Waals surface area contributed by atoms with Crippen molar-refractivity contribution in [1.29, 1.82) is 0 Å². The standard InChI is InChI=1S/C22H17N5/c1-2-11-18(12-3-1)24-26-22(21-14-6-7-16-23-21)27-25-20-15-8-10-17-9-4-5-13-19(17)20/h1-16,24H/b26-22+,27-25?. The number of benzene rings is 3. The molecular formula is C22H17N5. The zero-order valence-electron chi connectivity index (χ0n) is 14.5. The molecule has 0 fully saturated rings. The molecule has 0 aliphatic rings. The van der Waals surface area contributed by atoms with E-state index in [9.17, 15) is 0 Å². The Kier molecular flexibility index (Phi) is 4.93. The van der Waals surface area contributed by atoms with Gasteiger partial charge in [-0.1, -0.05) is 60.7 Å². The summed E-state index contributed by atoms with van der Waals surface area (Å²) in [4.78, 5) is 4.34. The summed E-state index contributed by atoms with van der Waals surface area (Å²) >= 11 is 0. The first-order valence-electron chi connectivity index (χ1n) is 8.60. The normalized spacial score (nSPS) is 11.8. The zero-order chi connectivity index (χ0) is 18.3. The van der Waals surface area contributed by atoms with Gasteiger partial charge in [-0.2, -0.15) is 5.10 Å². The maximum absolute atomic E-state index is 4.44. The van der Waals surface area contributed by atoms with Crippen molar-refractivity contribution in [2.24, 2.45) is 15.3 Å². The lowest BCUT2D eigenvalue weighted by Gasteiger charge is -2.03. The van der Waals surface area contributed by atoms with E-state index in [4.69, 9.17) is 0 Å². The summed E-state index contributed by atoms with van der Waals surface area (Å²) in [5, 5.41) is 15.4. The predicted molar refractivity (Wildman–Crippen MR) is 109 cm³/mol. The highest BCUT2D eigenvalue weighted by Crippen LogP contribution is 2.26. The van der Waals surface area contributed by atoms with Crippen molar-refractivity contribution in [3.8, 4) is 0 Å². The van der Waals surface area contributed by atoms with Crippen LogP contribution in [-0.2, 0) is 0 Å². The average Bonchev–Trinajstić information content (AvgIpc) is 2.75. The molecule has 1 N–H and O–H groups in total. The average molecular weight is 351 g/mol. The van der Waals surface area contributed by atoms with Gasteiger partial charge in [-0.05, 0) is 35.7 Å². The number of rotatable bonds is 4. The SMILES string of the molecule is c1ccc(N/N=C(/N=Nc2cccc3ccccc23)c2ccccn2)cc1. The molecular weight excluding hydrogens is 334 g/mol. The van der Waals surface area contributed by atoms with Gasteiger partial charge in [-0.25, -0.2) is 0 Å². The second-order valence-electron chi connectivity index (χ2n) is 5.83. The van der Waals surface area contributed by atoms with Crippen molar-refractivity contribution in [1.82, 2.24) is 4.98 Å². The molecule has 0 saturated heterocycles. The molecule has 0 amide bonds. The molecule has 1 aromatic heterocycles. The van der Waals surface area contributed by atoms with E-state index < -0.39 is 0 Å². The van der Waals surface area contributed by atoms with E-state index >= 15 is 0 Å². The zero-order valence-corrected chi connectivity index (χ0v) is 14.5. The topological polar surface area (TPSA) is 62.0 Å². The molecule has 0 saturated carbocycles. The number of aromatic nitrogens is 1. The van der Waals surface area contributed by atoms with Crippen LogP contribution in [0.3, 0.4) is 0 Å². The van der Waals surface area contributed by atoms with Gasteiger partial charge in [0, 0.05) is 11.6 Å². The van der Waals surface area contributed by atoms with Crippen LogP contribution in [0, 0.1) is 0 Å². The van der Waals surface area contributed by atoms with Gasteiger partial charge in [0.25, 0.3) is 0 Å². The number of nitrogens with zero attached hydrogens (tertiary/aromatic N) is 4. The Bertz CT molecular complexity index is 1080. The number of para-hydroxylation sites is 1. The summed E-state index contributed by atoms with van der Waals surface area (Å²) in [7, 11) is 0. The number of hydrogen-bond donors (Lipinski definition) is 1. The Morgan fingerprint density at radius 3 is 2.37 bits per heavy atom. The lowest BCUT2D eigenvalue weighted by atomic mass is 10.1. The molecule has 0 aliphatic carbocycles. The Labute approximate surface area is 157 Å². The van der Waals surface area contributed by atoms with Crippen LogP contribution in [0.25, 0.3) is 10.8 Å². The molecule has 0 radical (unpaired) electrons. The fourth-order valence-electron chi connectivity index (χ4n) is 2.65. The largest absolute Gasteiger partial charge is 0.276 e. The van der Waals surface area contributed by atoms with Crippen LogP contribution in [-0.4, -0.2) is 10.8 Å². The fraction of sp³-hybridized carbons (Fsp3) is 0. The van der Waals surface area contributed by atoms with E-state index in [-0.39, 0.29) is 0 Å². The lowest BCUT2D eigenvalue weighted by Crippen LogP contribution is -2.03. The lowest BCUT2D eigenvalue weighted by molar-refractivity contribution is 1.19. The highest BCUT2D eigenvalue weighted by molar-refractivity contribution is 5.98. The highest BCUT2D eigenvalue weighted by Gasteiger charge is 2.05. The number of hydrogen-bond acceptors (Lipinski definition) is 4. The summed E-state index contributed by atoms with van der Waals surface area (Å²) in [6.45, 7) is 0. The van der Waals surface area contributed by atoms with Gasteiger partial charge in [0.2, 0.25) is 5.84 Å². The highest BCUT2D eigenvalue weighted by atomic mass is 15.3. The fourth-order valence-corrected chi connectivity index (χ4v) is 2.65. The van der Waals surface area contributed by atoms with E-state index in [1.54, 1.807) is 6.20 Å². The Balaban J connectivity index is 1.69. The second-order valence-corrected chi connectivity index (χ2v) is 5.83. The molecule has 5 nitrogen and oxygen atoms in total. The minimum absolute atomic E-state index is 0.410. The Morgan fingerprint density at radius 1 is 0.741 bits per heavy atom. The van der Waals surface area contributed by atoms with E-state index in [2.05, 4.69) is 37.9 Å². The van der Waals surface area contributed by atoms with E-state index in [1.165, 1.54) is 0 Å². The van der Waals surface area contributed by atoms with Gasteiger partial charge < -0.3 is 0 Å². The smallest absolute Gasteiger partial charge is 0.219 e. The maximum atomic E-state index is 4.44. The molecule has 4 rings (SSSR count). The first-order valence-corrected chi connectivity index (χ1v) is 8.60. The summed E-state index contributed by atoms with van der Waals surface area (Å²) < 4.78 is 0. The summed E-state index contributed by atoms with van der Waals surface area (Å²) in [6.07, 6.45) is 1.71. The van der Waals surface area contributed by atoms with Crippen molar-refractivity contribution < 1.29 is 0 Å². The maximum Gasteiger partial charge on any atom is 0.219 e. The molecule has 4 aromatic rings. The van der Waals surface area contributed by atoms with E-state index in [1.807, 2.05) is 78.9 Å². The monoisotopic (exact) mass is 351 g/mol. The third-order valence-electron chi connectivity index (χ3n) is 3.98. The van der Waals surface area contributed by atoms with Crippen molar-refractivity contribution in [3.63, 3.8) is 0 Å². The number of nitrogens with one attached hydrogen (secondary N) is 1. The van der Waals surface area contributed by atoms with Gasteiger partial charge in [0.05, 0.1) is 11.4 Å². The number of pyridine rings is 1. The minimum atomic E-state index is 0.410. The molecule has 0 atom stereocenters. The van der Waals surface area contributed by atoms with E-state index in [0.29, 0.717) is 11.5 Å². The summed E-state index contributed by atoms with van der Waals surface area (Å²) in [5.74, 6) is 0.410. The minimum Gasteiger partial charge on any atom is -0.276 e. The molecule has 0 unspecified atom stereocenters. The summed E-state index contributed by atoms with van der Waals surface area (Å²) in [5.41, 5.74) is 5.31. The van der Waals surface area contributed by atoms with Crippen molar-refractivity contribution in [2.75, 3.05) is 5.43 Å². The third-order valence-corrected chi connectivity index (χ3v) is 3.98. The van der Waals surface area contributed by atoms with Crippen molar-refractivity contribution in [2.45, 2.75) is 0 Å². The molecule has 5 heteroatoms. The van der Waals surface area contributed by atoms with Crippen LogP contribution in [0.15, 0.2) is 113 Å². The van der Waals surface area contributed by atoms with Gasteiger partial charge in [-0.15, -0.1) is 10.2 Å². The molecule has 0 spiro atoms. The molecule has 130 valence electrons. The first-order chi connectivity index (χ1) is 13.4. The number of fused-ring (bicyclic) bond motifs is 1. The number of hydrazone groups is 1. The molecule has 0 bridgehead atoms. The van der Waals surface area contributed by atoms with Gasteiger partial charge in [0.15, 0.2) is 0 Å². The quantitative estimate of drug-likeness (QED) is 0.219. The van der Waals surface area contributed by atoms with Gasteiger partial charge in [-0.3, -0.25) is 10.4 Å². The number of anilines is 1. The predicted octanol–water partition coefficient (Wildman–Crippen LogP) is 5.79. The second kappa shape index (κ2) is 8.01. The third kappa shape index (κ3) is 4.04. The van der Waals surface area contributed by atoms with Gasteiger partial charge >= 0.3 is 0 Å². The van der Waals surface area contributed by atoms with Crippen LogP contribution < -0.4 is 5.43 Å². The summed E-state index contributed by atoms with van der Waals surface area (Å²) in [6, 6.07) is 29.4. The van der Waals surface area contributed by atoms with Crippen LogP contribution in [0.1, 0.15) is 5.69 Å². The van der Waals surface area contributed by atoms with Crippen LogP contribution in [0.5, 0.6) is 0 Å². The molecule has 27 heavy (non-hydrogen) atoms. The molecule has 0 aliphatic heterocycles.